The molecule has 0 bridgehead atoms. The second-order valence-electron chi connectivity index (χ2n) is 6.44. The van der Waals surface area contributed by atoms with Crippen LogP contribution in [0.25, 0.3) is 0 Å². The van der Waals surface area contributed by atoms with Gasteiger partial charge in [0.25, 0.3) is 0 Å². The summed E-state index contributed by atoms with van der Waals surface area (Å²) in [6.45, 7) is 6.95. The summed E-state index contributed by atoms with van der Waals surface area (Å²) in [5, 5.41) is 6.17. The molecular weight excluding hydrogens is 271 g/mol. The van der Waals surface area contributed by atoms with Crippen molar-refractivity contribution in [2.75, 3.05) is 13.1 Å². The fraction of sp³-hybridized carbons (Fsp3) is 0.562. The van der Waals surface area contributed by atoms with Crippen LogP contribution in [0.3, 0.4) is 0 Å². The lowest BCUT2D eigenvalue weighted by atomic mass is 9.78. The smallest absolute Gasteiger partial charge is 0.407 e. The average molecular weight is 294 g/mol. The van der Waals surface area contributed by atoms with Crippen LogP contribution in [-0.2, 0) is 10.3 Å². The van der Waals surface area contributed by atoms with E-state index in [9.17, 15) is 9.18 Å². The van der Waals surface area contributed by atoms with Gasteiger partial charge in [-0.1, -0.05) is 12.1 Å². The summed E-state index contributed by atoms with van der Waals surface area (Å²) in [5.74, 6) is -0.236. The molecule has 1 atom stereocenters. The Hall–Kier alpha value is -1.62. The fourth-order valence-electron chi connectivity index (χ4n) is 2.49. The maximum absolute atomic E-state index is 13.0. The third kappa shape index (κ3) is 4.17. The SMILES string of the molecule is CC(C)(C)OC(=O)NCCC1(c2ccc(F)cc2)CCN1. The Morgan fingerprint density at radius 1 is 1.38 bits per heavy atom. The first-order chi connectivity index (χ1) is 9.81. The minimum atomic E-state index is -0.493. The van der Waals surface area contributed by atoms with Gasteiger partial charge in [-0.2, -0.15) is 0 Å². The van der Waals surface area contributed by atoms with Crippen molar-refractivity contribution in [2.45, 2.75) is 44.8 Å². The quantitative estimate of drug-likeness (QED) is 0.897. The summed E-state index contributed by atoms with van der Waals surface area (Å²) in [5.41, 5.74) is 0.400. The van der Waals surface area contributed by atoms with Gasteiger partial charge in [-0.15, -0.1) is 0 Å². The first kappa shape index (κ1) is 15.8. The Balaban J connectivity index is 1.88. The number of hydrogen-bond acceptors (Lipinski definition) is 3. The predicted molar refractivity (Wildman–Crippen MR) is 79.6 cm³/mol. The molecule has 5 heteroatoms. The third-order valence-electron chi connectivity index (χ3n) is 3.63. The van der Waals surface area contributed by atoms with Gasteiger partial charge in [0.15, 0.2) is 0 Å². The minimum absolute atomic E-state index is 0.164. The molecular formula is C16H23FN2O2. The summed E-state index contributed by atoms with van der Waals surface area (Å²) in [4.78, 5) is 11.6. The van der Waals surface area contributed by atoms with Crippen molar-refractivity contribution < 1.29 is 13.9 Å². The van der Waals surface area contributed by atoms with Crippen LogP contribution in [0.5, 0.6) is 0 Å². The van der Waals surface area contributed by atoms with Gasteiger partial charge in [0.2, 0.25) is 0 Å². The van der Waals surface area contributed by atoms with Crippen LogP contribution in [0.4, 0.5) is 9.18 Å². The van der Waals surface area contributed by atoms with Crippen LogP contribution in [0, 0.1) is 5.82 Å². The summed E-state index contributed by atoms with van der Waals surface area (Å²) in [7, 11) is 0. The van der Waals surface area contributed by atoms with Crippen LogP contribution in [0.1, 0.15) is 39.2 Å². The molecule has 1 heterocycles. The number of nitrogens with one attached hydrogen (secondary N) is 2. The lowest BCUT2D eigenvalue weighted by molar-refractivity contribution is 0.0517. The lowest BCUT2D eigenvalue weighted by Crippen LogP contribution is -2.55. The van der Waals surface area contributed by atoms with Crippen LogP contribution in [0.15, 0.2) is 24.3 Å². The second kappa shape index (κ2) is 6.02. The van der Waals surface area contributed by atoms with E-state index in [0.717, 1.165) is 24.9 Å². The van der Waals surface area contributed by atoms with E-state index in [0.29, 0.717) is 6.54 Å². The first-order valence-corrected chi connectivity index (χ1v) is 7.29. The van der Waals surface area contributed by atoms with Gasteiger partial charge >= 0.3 is 6.09 Å². The van der Waals surface area contributed by atoms with Crippen molar-refractivity contribution in [1.82, 2.24) is 10.6 Å². The molecule has 1 aliphatic rings. The molecule has 2 N–H and O–H groups in total. The zero-order chi connectivity index (χ0) is 15.5. The number of halogens is 1. The molecule has 0 radical (unpaired) electrons. The van der Waals surface area contributed by atoms with E-state index in [1.807, 2.05) is 20.8 Å². The van der Waals surface area contributed by atoms with Crippen LogP contribution < -0.4 is 10.6 Å². The zero-order valence-corrected chi connectivity index (χ0v) is 12.8. The Morgan fingerprint density at radius 3 is 2.48 bits per heavy atom. The molecule has 21 heavy (non-hydrogen) atoms. The number of carbonyl (C=O) groups is 1. The Bertz CT molecular complexity index is 490. The molecule has 116 valence electrons. The van der Waals surface area contributed by atoms with Gasteiger partial charge in [-0.25, -0.2) is 9.18 Å². The van der Waals surface area contributed by atoms with Crippen molar-refractivity contribution in [3.05, 3.63) is 35.6 Å². The van der Waals surface area contributed by atoms with Crippen molar-refractivity contribution >= 4 is 6.09 Å². The Morgan fingerprint density at radius 2 is 2.00 bits per heavy atom. The summed E-state index contributed by atoms with van der Waals surface area (Å²) < 4.78 is 18.2. The maximum Gasteiger partial charge on any atom is 0.407 e. The minimum Gasteiger partial charge on any atom is -0.444 e. The Kier molecular flexibility index (Phi) is 4.52. The van der Waals surface area contributed by atoms with E-state index in [-0.39, 0.29) is 11.4 Å². The number of benzene rings is 1. The number of amides is 1. The number of carbonyl (C=O) groups excluding carboxylic acids is 1. The highest BCUT2D eigenvalue weighted by Crippen LogP contribution is 2.34. The molecule has 0 aromatic heterocycles. The van der Waals surface area contributed by atoms with Gasteiger partial charge in [-0.05, 0) is 57.9 Å². The van der Waals surface area contributed by atoms with Gasteiger partial charge < -0.3 is 15.4 Å². The molecule has 1 saturated heterocycles. The van der Waals surface area contributed by atoms with E-state index < -0.39 is 11.7 Å². The van der Waals surface area contributed by atoms with Crippen molar-refractivity contribution in [3.63, 3.8) is 0 Å². The van der Waals surface area contributed by atoms with Crippen molar-refractivity contribution in [2.24, 2.45) is 0 Å². The molecule has 1 unspecified atom stereocenters. The normalized spacial score (nSPS) is 21.5. The van der Waals surface area contributed by atoms with Gasteiger partial charge in [0.1, 0.15) is 11.4 Å². The maximum atomic E-state index is 13.0. The molecule has 1 aromatic carbocycles. The van der Waals surface area contributed by atoms with E-state index >= 15 is 0 Å². The molecule has 0 spiro atoms. The number of rotatable bonds is 4. The fourth-order valence-corrected chi connectivity index (χ4v) is 2.49. The Labute approximate surface area is 125 Å². The molecule has 1 aromatic rings. The standard InChI is InChI=1S/C16H23FN2O2/c1-15(2,3)21-14(20)18-10-8-16(9-11-19-16)12-4-6-13(17)7-5-12/h4-7,19H,8-11H2,1-3H3,(H,18,20). The third-order valence-corrected chi connectivity index (χ3v) is 3.63. The van der Waals surface area contributed by atoms with Gasteiger partial charge in [-0.3, -0.25) is 0 Å². The van der Waals surface area contributed by atoms with Gasteiger partial charge in [0, 0.05) is 12.1 Å². The highest BCUT2D eigenvalue weighted by molar-refractivity contribution is 5.67. The highest BCUT2D eigenvalue weighted by Gasteiger charge is 2.37. The average Bonchev–Trinajstić information content (AvgIpc) is 2.32. The summed E-state index contributed by atoms with van der Waals surface area (Å²) in [6, 6.07) is 6.54. The van der Waals surface area contributed by atoms with E-state index in [4.69, 9.17) is 4.74 Å². The zero-order valence-electron chi connectivity index (χ0n) is 12.8. The number of hydrogen-bond donors (Lipinski definition) is 2. The lowest BCUT2D eigenvalue weighted by Gasteiger charge is -2.44. The highest BCUT2D eigenvalue weighted by atomic mass is 19.1. The van der Waals surface area contributed by atoms with Crippen LogP contribution in [0.2, 0.25) is 0 Å². The second-order valence-corrected chi connectivity index (χ2v) is 6.44. The molecule has 0 aliphatic carbocycles. The van der Waals surface area contributed by atoms with E-state index in [1.165, 1.54) is 12.1 Å². The molecule has 1 aliphatic heterocycles. The molecule has 0 saturated carbocycles. The van der Waals surface area contributed by atoms with Crippen molar-refractivity contribution in [3.8, 4) is 0 Å². The first-order valence-electron chi connectivity index (χ1n) is 7.29. The topological polar surface area (TPSA) is 50.4 Å². The van der Waals surface area contributed by atoms with E-state index in [2.05, 4.69) is 10.6 Å². The molecule has 1 amide bonds. The largest absolute Gasteiger partial charge is 0.444 e. The molecule has 2 rings (SSSR count). The van der Waals surface area contributed by atoms with Gasteiger partial charge in [0.05, 0.1) is 0 Å². The summed E-state index contributed by atoms with van der Waals surface area (Å²) >= 11 is 0. The monoisotopic (exact) mass is 294 g/mol. The predicted octanol–water partition coefficient (Wildman–Crippen LogP) is 2.93. The molecule has 1 fully saturated rings. The number of alkyl carbamates (subject to hydrolysis) is 1. The van der Waals surface area contributed by atoms with E-state index in [1.54, 1.807) is 12.1 Å². The molecule has 4 nitrogen and oxygen atoms in total. The summed E-state index contributed by atoms with van der Waals surface area (Å²) in [6.07, 6.45) is 1.32. The van der Waals surface area contributed by atoms with Crippen LogP contribution in [-0.4, -0.2) is 24.8 Å². The number of ether oxygens (including phenoxy) is 1. The van der Waals surface area contributed by atoms with Crippen molar-refractivity contribution in [1.29, 1.82) is 0 Å². The van der Waals surface area contributed by atoms with Crippen LogP contribution >= 0.6 is 0 Å².